The molecule has 1 heterocycles. The lowest BCUT2D eigenvalue weighted by Crippen LogP contribution is -2.27. The number of carboxylic acid groups (broad SMARTS) is 1. The third kappa shape index (κ3) is 3.02. The van der Waals surface area contributed by atoms with Gasteiger partial charge < -0.3 is 9.52 Å². The van der Waals surface area contributed by atoms with E-state index in [4.69, 9.17) is 4.42 Å². The monoisotopic (exact) mass is 275 g/mol. The van der Waals surface area contributed by atoms with Crippen molar-refractivity contribution in [1.82, 2.24) is 4.90 Å². The highest BCUT2D eigenvalue weighted by atomic mass is 16.4. The number of aromatic carboxylic acids is 1. The zero-order valence-electron chi connectivity index (χ0n) is 12.2. The van der Waals surface area contributed by atoms with Crippen molar-refractivity contribution in [2.45, 2.75) is 27.3 Å². The average molecular weight is 275 g/mol. The van der Waals surface area contributed by atoms with Crippen LogP contribution in [0.15, 0.2) is 28.7 Å². The lowest BCUT2D eigenvalue weighted by Gasteiger charge is -2.21. The van der Waals surface area contributed by atoms with Crippen molar-refractivity contribution in [3.05, 3.63) is 35.6 Å². The molecule has 2 aromatic rings. The summed E-state index contributed by atoms with van der Waals surface area (Å²) < 4.78 is 5.75. The Balaban J connectivity index is 2.37. The Morgan fingerprint density at radius 1 is 1.35 bits per heavy atom. The number of carboxylic acids is 1. The largest absolute Gasteiger partial charge is 0.478 e. The van der Waals surface area contributed by atoms with E-state index in [1.807, 2.05) is 18.2 Å². The molecule has 1 N–H and O–H groups in total. The van der Waals surface area contributed by atoms with Crippen LogP contribution in [-0.2, 0) is 6.54 Å². The van der Waals surface area contributed by atoms with Crippen LogP contribution in [0.4, 0.5) is 0 Å². The number of benzene rings is 1. The van der Waals surface area contributed by atoms with Crippen LogP contribution in [0.3, 0.4) is 0 Å². The summed E-state index contributed by atoms with van der Waals surface area (Å²) in [7, 11) is 0. The predicted molar refractivity (Wildman–Crippen MR) is 79.0 cm³/mol. The van der Waals surface area contributed by atoms with Gasteiger partial charge in [0.05, 0.1) is 6.54 Å². The van der Waals surface area contributed by atoms with Crippen LogP contribution >= 0.6 is 0 Å². The van der Waals surface area contributed by atoms with Crippen molar-refractivity contribution in [3.8, 4) is 0 Å². The maximum absolute atomic E-state index is 11.5. The molecule has 0 radical (unpaired) electrons. The molecule has 0 saturated heterocycles. The second-order valence-corrected chi connectivity index (χ2v) is 5.42. The molecule has 0 bridgehead atoms. The van der Waals surface area contributed by atoms with Gasteiger partial charge in [0.1, 0.15) is 16.9 Å². The summed E-state index contributed by atoms with van der Waals surface area (Å²) in [5.74, 6) is 0.152. The molecule has 2 rings (SSSR count). The van der Waals surface area contributed by atoms with Crippen LogP contribution in [0.25, 0.3) is 11.0 Å². The smallest absolute Gasteiger partial charge is 0.339 e. The van der Waals surface area contributed by atoms with Crippen molar-refractivity contribution >= 4 is 16.9 Å². The Labute approximate surface area is 119 Å². The first-order valence-electron chi connectivity index (χ1n) is 6.99. The molecule has 0 atom stereocenters. The summed E-state index contributed by atoms with van der Waals surface area (Å²) in [5, 5.41) is 10.1. The summed E-state index contributed by atoms with van der Waals surface area (Å²) in [4.78, 5) is 13.7. The lowest BCUT2D eigenvalue weighted by molar-refractivity contribution is 0.0694. The normalized spacial score (nSPS) is 11.7. The summed E-state index contributed by atoms with van der Waals surface area (Å²) in [5.41, 5.74) is 0.934. The number of hydrogen-bond acceptors (Lipinski definition) is 3. The van der Waals surface area contributed by atoms with E-state index in [0.717, 1.165) is 13.1 Å². The minimum absolute atomic E-state index is 0.294. The Hall–Kier alpha value is -1.81. The van der Waals surface area contributed by atoms with E-state index in [0.29, 0.717) is 34.8 Å². The zero-order chi connectivity index (χ0) is 14.7. The minimum Gasteiger partial charge on any atom is -0.478 e. The van der Waals surface area contributed by atoms with Crippen LogP contribution < -0.4 is 0 Å². The van der Waals surface area contributed by atoms with E-state index < -0.39 is 5.97 Å². The Morgan fingerprint density at radius 3 is 2.65 bits per heavy atom. The molecule has 0 aliphatic rings. The second-order valence-electron chi connectivity index (χ2n) is 5.42. The molecule has 0 aliphatic carbocycles. The minimum atomic E-state index is -0.925. The summed E-state index contributed by atoms with van der Waals surface area (Å²) in [6, 6.07) is 7.29. The fourth-order valence-electron chi connectivity index (χ4n) is 2.47. The fraction of sp³-hybridized carbons (Fsp3) is 0.438. The first-order valence-corrected chi connectivity index (χ1v) is 6.99. The second kappa shape index (κ2) is 6.09. The van der Waals surface area contributed by atoms with Gasteiger partial charge in [-0.25, -0.2) is 4.79 Å². The first-order chi connectivity index (χ1) is 9.52. The van der Waals surface area contributed by atoms with Gasteiger partial charge in [-0.2, -0.15) is 0 Å². The van der Waals surface area contributed by atoms with Crippen LogP contribution in [0.2, 0.25) is 0 Å². The molecule has 0 amide bonds. The highest BCUT2D eigenvalue weighted by Crippen LogP contribution is 2.27. The SMILES string of the molecule is CCN(Cc1oc2ccccc2c1C(=O)O)CC(C)C. The van der Waals surface area contributed by atoms with Crippen molar-refractivity contribution in [2.24, 2.45) is 5.92 Å². The van der Waals surface area contributed by atoms with Gasteiger partial charge in [0.2, 0.25) is 0 Å². The molecule has 4 heteroatoms. The van der Waals surface area contributed by atoms with Crippen molar-refractivity contribution in [1.29, 1.82) is 0 Å². The Morgan fingerprint density at radius 2 is 2.05 bits per heavy atom. The number of hydrogen-bond donors (Lipinski definition) is 1. The highest BCUT2D eigenvalue weighted by molar-refractivity contribution is 6.03. The van der Waals surface area contributed by atoms with Gasteiger partial charge in [-0.15, -0.1) is 0 Å². The molecule has 108 valence electrons. The molecule has 0 fully saturated rings. The maximum Gasteiger partial charge on any atom is 0.339 e. The molecule has 1 aromatic carbocycles. The number of carbonyl (C=O) groups is 1. The van der Waals surface area contributed by atoms with Gasteiger partial charge in [0, 0.05) is 11.9 Å². The third-order valence-corrected chi connectivity index (χ3v) is 3.32. The number of fused-ring (bicyclic) bond motifs is 1. The van der Waals surface area contributed by atoms with Gasteiger partial charge in [0.25, 0.3) is 0 Å². The van der Waals surface area contributed by atoms with Crippen LogP contribution in [-0.4, -0.2) is 29.1 Å². The first kappa shape index (κ1) is 14.6. The fourth-order valence-corrected chi connectivity index (χ4v) is 2.47. The molecule has 0 unspecified atom stereocenters. The number of para-hydroxylation sites is 1. The van der Waals surface area contributed by atoms with Gasteiger partial charge >= 0.3 is 5.97 Å². The van der Waals surface area contributed by atoms with E-state index in [9.17, 15) is 9.90 Å². The quantitative estimate of drug-likeness (QED) is 0.875. The van der Waals surface area contributed by atoms with E-state index in [1.54, 1.807) is 6.07 Å². The van der Waals surface area contributed by atoms with Crippen LogP contribution in [0.1, 0.15) is 36.9 Å². The molecule has 4 nitrogen and oxygen atoms in total. The van der Waals surface area contributed by atoms with Crippen LogP contribution in [0.5, 0.6) is 0 Å². The van der Waals surface area contributed by atoms with Gasteiger partial charge in [-0.3, -0.25) is 4.90 Å². The lowest BCUT2D eigenvalue weighted by atomic mass is 10.1. The summed E-state index contributed by atoms with van der Waals surface area (Å²) in [6.45, 7) is 8.70. The molecule has 0 spiro atoms. The molecular weight excluding hydrogens is 254 g/mol. The van der Waals surface area contributed by atoms with Crippen molar-refractivity contribution < 1.29 is 14.3 Å². The van der Waals surface area contributed by atoms with E-state index in [1.165, 1.54) is 0 Å². The molecule has 0 saturated carbocycles. The van der Waals surface area contributed by atoms with E-state index in [-0.39, 0.29) is 0 Å². The van der Waals surface area contributed by atoms with Crippen LogP contribution in [0, 0.1) is 5.92 Å². The third-order valence-electron chi connectivity index (χ3n) is 3.32. The van der Waals surface area contributed by atoms with Crippen molar-refractivity contribution in [3.63, 3.8) is 0 Å². The maximum atomic E-state index is 11.5. The molecular formula is C16H21NO3. The molecule has 1 aromatic heterocycles. The Bertz CT molecular complexity index is 601. The van der Waals surface area contributed by atoms with Gasteiger partial charge in [-0.05, 0) is 18.5 Å². The van der Waals surface area contributed by atoms with Gasteiger partial charge in [-0.1, -0.05) is 39.0 Å². The topological polar surface area (TPSA) is 53.7 Å². The molecule has 0 aliphatic heterocycles. The average Bonchev–Trinajstić information content (AvgIpc) is 2.75. The standard InChI is InChI=1S/C16H21NO3/c1-4-17(9-11(2)3)10-14-15(16(18)19)12-7-5-6-8-13(12)20-14/h5-8,11H,4,9-10H2,1-3H3,(H,18,19). The zero-order valence-corrected chi connectivity index (χ0v) is 12.2. The molecule has 20 heavy (non-hydrogen) atoms. The number of furan rings is 1. The van der Waals surface area contributed by atoms with E-state index >= 15 is 0 Å². The van der Waals surface area contributed by atoms with Gasteiger partial charge in [0.15, 0.2) is 0 Å². The number of rotatable bonds is 6. The summed E-state index contributed by atoms with van der Waals surface area (Å²) >= 11 is 0. The van der Waals surface area contributed by atoms with E-state index in [2.05, 4.69) is 25.7 Å². The highest BCUT2D eigenvalue weighted by Gasteiger charge is 2.21. The number of nitrogens with zero attached hydrogens (tertiary/aromatic N) is 1. The predicted octanol–water partition coefficient (Wildman–Crippen LogP) is 3.61. The van der Waals surface area contributed by atoms with Crippen molar-refractivity contribution in [2.75, 3.05) is 13.1 Å². The summed E-state index contributed by atoms with van der Waals surface area (Å²) in [6.07, 6.45) is 0. The Kier molecular flexibility index (Phi) is 4.45.